The molecule has 0 aromatic heterocycles. The lowest BCUT2D eigenvalue weighted by Crippen LogP contribution is -2.51. The molecule has 1 aromatic rings. The van der Waals surface area contributed by atoms with Crippen molar-refractivity contribution in [2.24, 2.45) is 0 Å². The minimum Gasteiger partial charge on any atom is -0.494 e. The lowest BCUT2D eigenvalue weighted by atomic mass is 9.82. The van der Waals surface area contributed by atoms with E-state index in [0.29, 0.717) is 5.75 Å². The second-order valence-electron chi connectivity index (χ2n) is 5.82. The van der Waals surface area contributed by atoms with Gasteiger partial charge in [-0.1, -0.05) is 18.9 Å². The second kappa shape index (κ2) is 6.10. The number of methoxy groups -OCH3 is 1. The lowest BCUT2D eigenvalue weighted by Gasteiger charge is -2.43. The van der Waals surface area contributed by atoms with Gasteiger partial charge >= 0.3 is 0 Å². The number of nitrogens with zero attached hydrogens (tertiary/aromatic N) is 1. The summed E-state index contributed by atoms with van der Waals surface area (Å²) in [4.78, 5) is 2.29. The van der Waals surface area contributed by atoms with E-state index < -0.39 is 0 Å². The van der Waals surface area contributed by atoms with Crippen molar-refractivity contribution in [3.63, 3.8) is 0 Å². The molecule has 112 valence electrons. The van der Waals surface area contributed by atoms with Crippen LogP contribution in [0.25, 0.3) is 0 Å². The number of likely N-dealkylation sites (N-methyl/N-ethyl adjacent to an activating group) is 2. The monoisotopic (exact) mass is 280 g/mol. The van der Waals surface area contributed by atoms with Crippen molar-refractivity contribution in [2.45, 2.75) is 37.3 Å². The van der Waals surface area contributed by atoms with Crippen molar-refractivity contribution in [1.82, 2.24) is 10.2 Å². The Morgan fingerprint density at radius 2 is 1.95 bits per heavy atom. The minimum absolute atomic E-state index is 0.0653. The van der Waals surface area contributed by atoms with Crippen LogP contribution in [0.5, 0.6) is 5.75 Å². The lowest BCUT2D eigenvalue weighted by molar-refractivity contribution is 0.108. The number of halogens is 1. The summed E-state index contributed by atoms with van der Waals surface area (Å²) in [6.45, 7) is 0. The Hall–Kier alpha value is -1.13. The van der Waals surface area contributed by atoms with Crippen molar-refractivity contribution >= 4 is 0 Å². The average Bonchev–Trinajstić information content (AvgIpc) is 2.90. The highest BCUT2D eigenvalue weighted by Gasteiger charge is 2.43. The molecular formula is C16H25FN2O. The fourth-order valence-corrected chi connectivity index (χ4v) is 3.59. The van der Waals surface area contributed by atoms with Crippen molar-refractivity contribution in [3.05, 3.63) is 29.6 Å². The van der Waals surface area contributed by atoms with Crippen LogP contribution in [0.1, 0.15) is 37.3 Å². The first-order chi connectivity index (χ1) is 9.55. The van der Waals surface area contributed by atoms with E-state index >= 15 is 0 Å². The second-order valence-corrected chi connectivity index (χ2v) is 5.82. The van der Waals surface area contributed by atoms with E-state index in [2.05, 4.69) is 24.3 Å². The largest absolute Gasteiger partial charge is 0.494 e. The Kier molecular flexibility index (Phi) is 4.66. The molecule has 1 fully saturated rings. The van der Waals surface area contributed by atoms with Crippen LogP contribution in [0.4, 0.5) is 4.39 Å². The summed E-state index contributed by atoms with van der Waals surface area (Å²) in [6, 6.07) is 5.41. The highest BCUT2D eigenvalue weighted by molar-refractivity contribution is 5.33. The average molecular weight is 280 g/mol. The molecule has 1 saturated carbocycles. The Labute approximate surface area is 121 Å². The first kappa shape index (κ1) is 15.3. The number of nitrogens with one attached hydrogen (secondary N) is 1. The summed E-state index contributed by atoms with van der Waals surface area (Å²) >= 11 is 0. The van der Waals surface area contributed by atoms with Crippen molar-refractivity contribution < 1.29 is 9.13 Å². The van der Waals surface area contributed by atoms with Gasteiger partial charge in [0.2, 0.25) is 0 Å². The molecule has 4 heteroatoms. The first-order valence-corrected chi connectivity index (χ1v) is 7.23. The zero-order chi connectivity index (χ0) is 14.8. The molecule has 0 amide bonds. The summed E-state index contributed by atoms with van der Waals surface area (Å²) in [7, 11) is 7.69. The van der Waals surface area contributed by atoms with E-state index in [9.17, 15) is 4.39 Å². The third kappa shape index (κ3) is 2.54. The summed E-state index contributed by atoms with van der Waals surface area (Å²) in [5.74, 6) is 0.00563. The normalized spacial score (nSPS) is 19.3. The molecule has 2 rings (SSSR count). The Balaban J connectivity index is 2.38. The molecule has 0 spiro atoms. The smallest absolute Gasteiger partial charge is 0.165 e. The predicted molar refractivity (Wildman–Crippen MR) is 79.6 cm³/mol. The number of benzene rings is 1. The van der Waals surface area contributed by atoms with Crippen LogP contribution in [0.15, 0.2) is 18.2 Å². The SMILES string of the molecule is CNC(c1ccc(OC)c(F)c1)C1(N(C)C)CCCC1. The van der Waals surface area contributed by atoms with Gasteiger partial charge in [0.05, 0.1) is 13.2 Å². The molecule has 1 aromatic carbocycles. The van der Waals surface area contributed by atoms with E-state index in [0.717, 1.165) is 18.4 Å². The van der Waals surface area contributed by atoms with Crippen molar-refractivity contribution in [2.75, 3.05) is 28.3 Å². The number of hydrogen-bond donors (Lipinski definition) is 1. The van der Waals surface area contributed by atoms with Crippen molar-refractivity contribution in [1.29, 1.82) is 0 Å². The van der Waals surface area contributed by atoms with Crippen molar-refractivity contribution in [3.8, 4) is 5.75 Å². The Bertz CT molecular complexity index is 456. The van der Waals surface area contributed by atoms with Gasteiger partial charge in [-0.15, -0.1) is 0 Å². The van der Waals surface area contributed by atoms with Crippen LogP contribution < -0.4 is 10.1 Å². The van der Waals surface area contributed by atoms with Crippen LogP contribution in [0.3, 0.4) is 0 Å². The maximum Gasteiger partial charge on any atom is 0.165 e. The van der Waals surface area contributed by atoms with E-state index in [-0.39, 0.29) is 17.4 Å². The molecule has 0 heterocycles. The van der Waals surface area contributed by atoms with Crippen LogP contribution in [-0.4, -0.2) is 38.7 Å². The van der Waals surface area contributed by atoms with Gasteiger partial charge in [-0.3, -0.25) is 0 Å². The molecule has 0 aliphatic heterocycles. The summed E-state index contributed by atoms with van der Waals surface area (Å²) in [5, 5.41) is 3.40. The number of ether oxygens (including phenoxy) is 1. The number of hydrogen-bond acceptors (Lipinski definition) is 3. The van der Waals surface area contributed by atoms with Crippen LogP contribution in [0.2, 0.25) is 0 Å². The molecule has 3 nitrogen and oxygen atoms in total. The van der Waals surface area contributed by atoms with Crippen LogP contribution >= 0.6 is 0 Å². The maximum atomic E-state index is 14.0. The van der Waals surface area contributed by atoms with Gasteiger partial charge < -0.3 is 15.0 Å². The van der Waals surface area contributed by atoms with E-state index in [1.165, 1.54) is 20.0 Å². The van der Waals surface area contributed by atoms with Gasteiger partial charge in [0, 0.05) is 5.54 Å². The maximum absolute atomic E-state index is 14.0. The third-order valence-corrected chi connectivity index (χ3v) is 4.70. The minimum atomic E-state index is -0.294. The molecule has 0 radical (unpaired) electrons. The zero-order valence-corrected chi connectivity index (χ0v) is 12.9. The zero-order valence-electron chi connectivity index (χ0n) is 12.9. The van der Waals surface area contributed by atoms with Gasteiger partial charge in [-0.05, 0) is 51.7 Å². The van der Waals surface area contributed by atoms with E-state index in [1.807, 2.05) is 13.1 Å². The fraction of sp³-hybridized carbons (Fsp3) is 0.625. The van der Waals surface area contributed by atoms with E-state index in [1.54, 1.807) is 12.1 Å². The molecule has 1 aliphatic rings. The Morgan fingerprint density at radius 1 is 1.30 bits per heavy atom. The first-order valence-electron chi connectivity index (χ1n) is 7.23. The van der Waals surface area contributed by atoms with Gasteiger partial charge in [0.1, 0.15) is 0 Å². The molecule has 1 unspecified atom stereocenters. The fourth-order valence-electron chi connectivity index (χ4n) is 3.59. The highest BCUT2D eigenvalue weighted by Crippen LogP contribution is 2.43. The molecule has 1 aliphatic carbocycles. The molecule has 0 saturated heterocycles. The summed E-state index contributed by atoms with van der Waals surface area (Å²) in [6.07, 6.45) is 4.74. The van der Waals surface area contributed by atoms with Gasteiger partial charge in [0.25, 0.3) is 0 Å². The molecule has 0 bridgehead atoms. The Morgan fingerprint density at radius 3 is 2.40 bits per heavy atom. The van der Waals surface area contributed by atoms with E-state index in [4.69, 9.17) is 4.74 Å². The summed E-state index contributed by atoms with van der Waals surface area (Å²) in [5.41, 5.74) is 1.05. The predicted octanol–water partition coefficient (Wildman–Crippen LogP) is 2.97. The third-order valence-electron chi connectivity index (χ3n) is 4.70. The van der Waals surface area contributed by atoms with Crippen LogP contribution in [0, 0.1) is 5.82 Å². The summed E-state index contributed by atoms with van der Waals surface area (Å²) < 4.78 is 19.0. The van der Waals surface area contributed by atoms with Crippen LogP contribution in [-0.2, 0) is 0 Å². The quantitative estimate of drug-likeness (QED) is 0.897. The standard InChI is InChI=1S/C16H25FN2O/c1-18-15(16(19(2)3)9-5-6-10-16)12-7-8-14(20-4)13(17)11-12/h7-8,11,15,18H,5-6,9-10H2,1-4H3. The van der Waals surface area contributed by atoms with Gasteiger partial charge in [-0.2, -0.15) is 0 Å². The molecule has 1 N–H and O–H groups in total. The van der Waals surface area contributed by atoms with Gasteiger partial charge in [0.15, 0.2) is 11.6 Å². The topological polar surface area (TPSA) is 24.5 Å². The number of rotatable bonds is 5. The molecule has 20 heavy (non-hydrogen) atoms. The van der Waals surface area contributed by atoms with Gasteiger partial charge in [-0.25, -0.2) is 4.39 Å². The molecule has 1 atom stereocenters. The molecular weight excluding hydrogens is 255 g/mol. The highest BCUT2D eigenvalue weighted by atomic mass is 19.1.